The summed E-state index contributed by atoms with van der Waals surface area (Å²) in [4.78, 5) is 12.0. The molecule has 1 aliphatic rings. The van der Waals surface area contributed by atoms with Crippen LogP contribution in [0.15, 0.2) is 24.3 Å². The lowest BCUT2D eigenvalue weighted by molar-refractivity contribution is 0.0912. The maximum atomic E-state index is 12.0. The second-order valence-electron chi connectivity index (χ2n) is 5.17. The van der Waals surface area contributed by atoms with Gasteiger partial charge < -0.3 is 0 Å². The quantitative estimate of drug-likeness (QED) is 0.681. The number of carbonyl (C=O) groups excluding carboxylic acids is 1. The molecular formula is C14H18O. The van der Waals surface area contributed by atoms with Crippen molar-refractivity contribution in [1.82, 2.24) is 0 Å². The summed E-state index contributed by atoms with van der Waals surface area (Å²) in [6, 6.07) is 8.09. The lowest BCUT2D eigenvalue weighted by atomic mass is 9.94. The van der Waals surface area contributed by atoms with Crippen LogP contribution in [0, 0.1) is 5.41 Å². The van der Waals surface area contributed by atoms with Crippen molar-refractivity contribution >= 4 is 5.78 Å². The molecule has 0 unspecified atom stereocenters. The van der Waals surface area contributed by atoms with Gasteiger partial charge in [0, 0.05) is 11.0 Å². The van der Waals surface area contributed by atoms with Crippen molar-refractivity contribution in [3.63, 3.8) is 0 Å². The van der Waals surface area contributed by atoms with E-state index in [1.54, 1.807) is 0 Å². The molecule has 0 aliphatic heterocycles. The molecule has 80 valence electrons. The van der Waals surface area contributed by atoms with Gasteiger partial charge in [0.25, 0.3) is 0 Å². The molecule has 1 heteroatoms. The molecule has 15 heavy (non-hydrogen) atoms. The Morgan fingerprint density at radius 2 is 1.73 bits per heavy atom. The van der Waals surface area contributed by atoms with Gasteiger partial charge in [-0.25, -0.2) is 0 Å². The lowest BCUT2D eigenvalue weighted by Gasteiger charge is -2.09. The fraction of sp³-hybridized carbons (Fsp3) is 0.500. The Labute approximate surface area is 91.5 Å². The minimum atomic E-state index is -0.0423. The van der Waals surface area contributed by atoms with Crippen molar-refractivity contribution < 1.29 is 4.79 Å². The fourth-order valence-corrected chi connectivity index (χ4v) is 1.78. The Morgan fingerprint density at radius 3 is 2.13 bits per heavy atom. The average Bonchev–Trinajstić information content (AvgIpc) is 2.97. The highest BCUT2D eigenvalue weighted by molar-refractivity contribution is 6.01. The van der Waals surface area contributed by atoms with E-state index in [-0.39, 0.29) is 5.41 Å². The molecule has 0 N–H and O–H groups in total. The highest BCUT2D eigenvalue weighted by Gasteiger charge is 2.44. The van der Waals surface area contributed by atoms with Crippen LogP contribution >= 0.6 is 0 Å². The number of hydrogen-bond acceptors (Lipinski definition) is 1. The van der Waals surface area contributed by atoms with E-state index in [0.29, 0.717) is 11.7 Å². The van der Waals surface area contributed by atoms with E-state index in [2.05, 4.69) is 32.9 Å². The SMILES string of the molecule is CC(C)c1ccc(C(=O)C2(C)CC2)cc1. The smallest absolute Gasteiger partial charge is 0.168 e. The highest BCUT2D eigenvalue weighted by atomic mass is 16.1. The number of rotatable bonds is 3. The van der Waals surface area contributed by atoms with E-state index < -0.39 is 0 Å². The van der Waals surface area contributed by atoms with Crippen LogP contribution in [0.3, 0.4) is 0 Å². The van der Waals surface area contributed by atoms with Crippen LogP contribution in [0.25, 0.3) is 0 Å². The first kappa shape index (κ1) is 10.4. The minimum absolute atomic E-state index is 0.0423. The van der Waals surface area contributed by atoms with E-state index in [1.807, 2.05) is 12.1 Å². The van der Waals surface area contributed by atoms with E-state index in [1.165, 1.54) is 5.56 Å². The van der Waals surface area contributed by atoms with E-state index in [4.69, 9.17) is 0 Å². The molecule has 2 rings (SSSR count). The number of Topliss-reactive ketones (excluding diaryl/α,β-unsaturated/α-hetero) is 1. The molecule has 0 bridgehead atoms. The molecule has 0 aromatic heterocycles. The van der Waals surface area contributed by atoms with Gasteiger partial charge in [0.1, 0.15) is 0 Å². The Bertz CT molecular complexity index is 369. The first-order valence-electron chi connectivity index (χ1n) is 5.68. The zero-order valence-electron chi connectivity index (χ0n) is 9.71. The largest absolute Gasteiger partial charge is 0.294 e. The molecule has 0 spiro atoms. The second kappa shape index (κ2) is 3.48. The van der Waals surface area contributed by atoms with Crippen molar-refractivity contribution in [3.05, 3.63) is 35.4 Å². The van der Waals surface area contributed by atoms with Gasteiger partial charge in [0.15, 0.2) is 5.78 Å². The molecule has 1 aliphatic carbocycles. The molecule has 1 aromatic carbocycles. The third-order valence-corrected chi connectivity index (χ3v) is 3.39. The summed E-state index contributed by atoms with van der Waals surface area (Å²) in [6.45, 7) is 6.39. The van der Waals surface area contributed by atoms with Gasteiger partial charge in [-0.05, 0) is 24.3 Å². The zero-order valence-corrected chi connectivity index (χ0v) is 9.71. The number of benzene rings is 1. The maximum absolute atomic E-state index is 12.0. The van der Waals surface area contributed by atoms with Gasteiger partial charge in [0.05, 0.1) is 0 Å². The molecule has 0 radical (unpaired) electrons. The number of carbonyl (C=O) groups is 1. The molecule has 1 nitrogen and oxygen atoms in total. The first-order valence-corrected chi connectivity index (χ1v) is 5.68. The van der Waals surface area contributed by atoms with Crippen LogP contribution < -0.4 is 0 Å². The molecule has 0 atom stereocenters. The van der Waals surface area contributed by atoms with Crippen LogP contribution in [-0.2, 0) is 0 Å². The summed E-state index contributed by atoms with van der Waals surface area (Å²) in [5.41, 5.74) is 2.13. The molecule has 0 heterocycles. The van der Waals surface area contributed by atoms with Gasteiger partial charge in [-0.15, -0.1) is 0 Å². The predicted octanol–water partition coefficient (Wildman–Crippen LogP) is 3.79. The van der Waals surface area contributed by atoms with Gasteiger partial charge in [-0.1, -0.05) is 45.0 Å². The molecule has 1 saturated carbocycles. The molecule has 0 amide bonds. The van der Waals surface area contributed by atoms with Gasteiger partial charge in [0.2, 0.25) is 0 Å². The molecule has 1 fully saturated rings. The van der Waals surface area contributed by atoms with Crippen molar-refractivity contribution in [3.8, 4) is 0 Å². The maximum Gasteiger partial charge on any atom is 0.168 e. The standard InChI is InChI=1S/C14H18O/c1-10(2)11-4-6-12(7-5-11)13(15)14(3)8-9-14/h4-7,10H,8-9H2,1-3H3. The summed E-state index contributed by atoms with van der Waals surface area (Å²) < 4.78 is 0. The van der Waals surface area contributed by atoms with Crippen molar-refractivity contribution in [2.45, 2.75) is 39.5 Å². The van der Waals surface area contributed by atoms with Gasteiger partial charge in [-0.2, -0.15) is 0 Å². The van der Waals surface area contributed by atoms with Gasteiger partial charge >= 0.3 is 0 Å². The summed E-state index contributed by atoms with van der Waals surface area (Å²) in [6.07, 6.45) is 2.11. The average molecular weight is 202 g/mol. The lowest BCUT2D eigenvalue weighted by Crippen LogP contribution is -2.11. The van der Waals surface area contributed by atoms with Crippen LogP contribution in [0.5, 0.6) is 0 Å². The Balaban J connectivity index is 2.20. The van der Waals surface area contributed by atoms with Crippen molar-refractivity contribution in [2.24, 2.45) is 5.41 Å². The second-order valence-corrected chi connectivity index (χ2v) is 5.17. The topological polar surface area (TPSA) is 17.1 Å². The van der Waals surface area contributed by atoms with E-state index >= 15 is 0 Å². The molecule has 1 aromatic rings. The summed E-state index contributed by atoms with van der Waals surface area (Å²) >= 11 is 0. The Morgan fingerprint density at radius 1 is 1.20 bits per heavy atom. The van der Waals surface area contributed by atoms with Crippen LogP contribution in [0.1, 0.15) is 55.5 Å². The summed E-state index contributed by atoms with van der Waals surface area (Å²) in [5.74, 6) is 0.850. The monoisotopic (exact) mass is 202 g/mol. The van der Waals surface area contributed by atoms with Crippen LogP contribution in [0.4, 0.5) is 0 Å². The van der Waals surface area contributed by atoms with E-state index in [9.17, 15) is 4.79 Å². The first-order chi connectivity index (χ1) is 7.03. The highest BCUT2D eigenvalue weighted by Crippen LogP contribution is 2.47. The Kier molecular flexibility index (Phi) is 2.41. The minimum Gasteiger partial charge on any atom is -0.294 e. The molecular weight excluding hydrogens is 184 g/mol. The van der Waals surface area contributed by atoms with Crippen molar-refractivity contribution in [1.29, 1.82) is 0 Å². The van der Waals surface area contributed by atoms with Gasteiger partial charge in [-0.3, -0.25) is 4.79 Å². The summed E-state index contributed by atoms with van der Waals surface area (Å²) in [5, 5.41) is 0. The zero-order chi connectivity index (χ0) is 11.1. The fourth-order valence-electron chi connectivity index (χ4n) is 1.78. The summed E-state index contributed by atoms with van der Waals surface area (Å²) in [7, 11) is 0. The van der Waals surface area contributed by atoms with Crippen molar-refractivity contribution in [2.75, 3.05) is 0 Å². The normalized spacial score (nSPS) is 17.9. The number of ketones is 1. The third kappa shape index (κ3) is 1.97. The van der Waals surface area contributed by atoms with Crippen LogP contribution in [0.2, 0.25) is 0 Å². The van der Waals surface area contributed by atoms with E-state index in [0.717, 1.165) is 18.4 Å². The molecule has 0 saturated heterocycles. The predicted molar refractivity (Wildman–Crippen MR) is 62.2 cm³/mol. The third-order valence-electron chi connectivity index (χ3n) is 3.39. The van der Waals surface area contributed by atoms with Crippen LogP contribution in [-0.4, -0.2) is 5.78 Å². The Hall–Kier alpha value is -1.11. The number of hydrogen-bond donors (Lipinski definition) is 0.